The minimum atomic E-state index is -4.47. The molecule has 2 heterocycles. The monoisotopic (exact) mass is 726 g/mol. The summed E-state index contributed by atoms with van der Waals surface area (Å²) >= 11 is 1.73. The molecule has 1 unspecified atom stereocenters. The fraction of sp³-hybridized carbons (Fsp3) is 0.346. The van der Waals surface area contributed by atoms with Crippen molar-refractivity contribution < 1.29 is 33.0 Å². The van der Waals surface area contributed by atoms with Crippen LogP contribution in [0.2, 0.25) is 0 Å². The van der Waals surface area contributed by atoms with Crippen molar-refractivity contribution in [2.75, 3.05) is 6.61 Å². The molecule has 2 aromatic carbocycles. The third kappa shape index (κ3) is 7.72. The summed E-state index contributed by atoms with van der Waals surface area (Å²) in [6, 6.07) is 15.7. The second-order valence-corrected chi connectivity index (χ2v) is 12.5. The molecule has 3 N–H and O–H groups in total. The summed E-state index contributed by atoms with van der Waals surface area (Å²) < 4.78 is 37.7. The van der Waals surface area contributed by atoms with Crippen molar-refractivity contribution in [3.05, 3.63) is 107 Å². The van der Waals surface area contributed by atoms with Crippen LogP contribution in [0.3, 0.4) is 0 Å². The first-order valence-corrected chi connectivity index (χ1v) is 15.5. The average Bonchev–Trinajstić information content (AvgIpc) is 3.23. The first-order valence-electron chi connectivity index (χ1n) is 12.9. The van der Waals surface area contributed by atoms with E-state index in [2.05, 4.69) is 20.1 Å². The van der Waals surface area contributed by atoms with Gasteiger partial charge in [-0.05, 0) is 52.7 Å². The summed E-state index contributed by atoms with van der Waals surface area (Å²) in [7, 11) is -4.47. The largest absolute Gasteiger partial charge is 0.460 e. The van der Waals surface area contributed by atoms with Crippen LogP contribution in [0.15, 0.2) is 81.6 Å². The van der Waals surface area contributed by atoms with Crippen LogP contribution in [0.25, 0.3) is 10.4 Å². The minimum Gasteiger partial charge on any atom is -0.460 e. The van der Waals surface area contributed by atoms with Crippen LogP contribution >= 0.6 is 30.3 Å². The Kier molecular flexibility index (Phi) is 10.4. The zero-order valence-corrected chi connectivity index (χ0v) is 26.0. The number of halogens is 1. The number of ether oxygens (including phenoxy) is 2. The van der Waals surface area contributed by atoms with Crippen molar-refractivity contribution in [2.24, 2.45) is 11.0 Å². The first kappa shape index (κ1) is 32.4. The number of hydrogen-bond acceptors (Lipinski definition) is 10. The smallest absolute Gasteiger partial charge is 0.459 e. The fourth-order valence-electron chi connectivity index (χ4n) is 4.25. The molecule has 228 valence electrons. The van der Waals surface area contributed by atoms with Crippen LogP contribution in [-0.2, 0) is 30.0 Å². The number of carbonyl (C=O) groups excluding carboxylic acids is 1. The van der Waals surface area contributed by atoms with Gasteiger partial charge in [-0.2, -0.15) is 5.09 Å². The number of aliphatic hydroxyl groups excluding tert-OH is 1. The van der Waals surface area contributed by atoms with Gasteiger partial charge >= 0.3 is 19.4 Å². The second-order valence-electron chi connectivity index (χ2n) is 9.61. The van der Waals surface area contributed by atoms with E-state index in [9.17, 15) is 29.6 Å². The maximum absolute atomic E-state index is 14.0. The summed E-state index contributed by atoms with van der Waals surface area (Å²) in [5.41, 5.74) is 6.46. The fourth-order valence-corrected chi connectivity index (χ4v) is 6.20. The van der Waals surface area contributed by atoms with Gasteiger partial charge in [-0.15, -0.1) is 0 Å². The second kappa shape index (κ2) is 13.9. The van der Waals surface area contributed by atoms with E-state index in [0.29, 0.717) is 0 Å². The Hall–Kier alpha value is -3.50. The van der Waals surface area contributed by atoms with Crippen LogP contribution in [0.1, 0.15) is 25.6 Å². The van der Waals surface area contributed by atoms with E-state index in [1.807, 2.05) is 6.07 Å². The van der Waals surface area contributed by atoms with E-state index >= 15 is 0 Å². The van der Waals surface area contributed by atoms with Crippen LogP contribution in [0.4, 0.5) is 0 Å². The number of azide groups is 1. The molecule has 0 radical (unpaired) electrons. The van der Waals surface area contributed by atoms with Gasteiger partial charge in [0.2, 0.25) is 0 Å². The minimum absolute atomic E-state index is 0.0290. The summed E-state index contributed by atoms with van der Waals surface area (Å²) in [4.78, 5) is 42.1. The molecule has 17 heteroatoms. The van der Waals surface area contributed by atoms with Gasteiger partial charge in [0.25, 0.3) is 5.56 Å². The molecular weight excluding hydrogens is 698 g/mol. The number of nitrogens with one attached hydrogen (secondary N) is 2. The van der Waals surface area contributed by atoms with Gasteiger partial charge in [0.05, 0.1) is 16.3 Å². The predicted molar refractivity (Wildman–Crippen MR) is 161 cm³/mol. The molecule has 15 nitrogen and oxygen atoms in total. The van der Waals surface area contributed by atoms with Gasteiger partial charge in [-0.1, -0.05) is 60.6 Å². The molecule has 0 aliphatic carbocycles. The lowest BCUT2D eigenvalue weighted by molar-refractivity contribution is -0.146. The van der Waals surface area contributed by atoms with Crippen molar-refractivity contribution in [3.8, 4) is 5.75 Å². The van der Waals surface area contributed by atoms with E-state index in [-0.39, 0.29) is 15.9 Å². The van der Waals surface area contributed by atoms with Crippen LogP contribution < -0.4 is 20.9 Å². The summed E-state index contributed by atoms with van der Waals surface area (Å²) in [6.45, 7) is 2.07. The molecule has 3 aromatic rings. The first-order chi connectivity index (χ1) is 20.5. The highest BCUT2D eigenvalue weighted by molar-refractivity contribution is 14.1. The number of carbonyl (C=O) groups is 1. The highest BCUT2D eigenvalue weighted by Crippen LogP contribution is 2.49. The lowest BCUT2D eigenvalue weighted by atomic mass is 9.98. The molecule has 1 saturated heterocycles. The van der Waals surface area contributed by atoms with Crippen molar-refractivity contribution in [3.63, 3.8) is 0 Å². The number of H-pyrrole nitrogens is 1. The molecule has 1 aliphatic heterocycles. The van der Waals surface area contributed by atoms with Gasteiger partial charge in [-0.3, -0.25) is 23.7 Å². The molecule has 0 saturated carbocycles. The zero-order valence-electron chi connectivity index (χ0n) is 22.9. The Morgan fingerprint density at radius 1 is 1.26 bits per heavy atom. The number of rotatable bonds is 12. The predicted octanol–water partition coefficient (Wildman–Crippen LogP) is 3.60. The van der Waals surface area contributed by atoms with Gasteiger partial charge in [0, 0.05) is 17.0 Å². The van der Waals surface area contributed by atoms with Gasteiger partial charge < -0.3 is 19.1 Å². The quantitative estimate of drug-likeness (QED) is 0.0617. The molecular formula is C26H28IN6O9P. The van der Waals surface area contributed by atoms with Gasteiger partial charge in [-0.25, -0.2) is 9.36 Å². The highest BCUT2D eigenvalue weighted by atomic mass is 127. The SMILES string of the molecule is C[C@@H]1[C@H](n2cc(I)c(=O)[nH]c2=O)O[C@@](COP(=O)(N[C@@H](C)C(=O)OCc2ccccc2)Oc2ccccc2)(N=[N+]=[N-])[C@H]1O. The molecule has 0 spiro atoms. The molecule has 0 bridgehead atoms. The maximum atomic E-state index is 14.0. The van der Waals surface area contributed by atoms with Crippen molar-refractivity contribution in [1.29, 1.82) is 0 Å². The number of hydrogen-bond donors (Lipinski definition) is 3. The van der Waals surface area contributed by atoms with Crippen molar-refractivity contribution in [2.45, 2.75) is 44.6 Å². The molecule has 1 aromatic heterocycles. The van der Waals surface area contributed by atoms with E-state index in [1.54, 1.807) is 65.1 Å². The summed E-state index contributed by atoms with van der Waals surface area (Å²) in [5, 5.41) is 17.3. The van der Waals surface area contributed by atoms with E-state index in [4.69, 9.17) is 18.5 Å². The third-order valence-corrected chi connectivity index (χ3v) is 8.88. The Morgan fingerprint density at radius 3 is 2.56 bits per heavy atom. The average molecular weight is 726 g/mol. The van der Waals surface area contributed by atoms with E-state index in [1.165, 1.54) is 32.2 Å². The van der Waals surface area contributed by atoms with E-state index in [0.717, 1.165) is 10.1 Å². The highest BCUT2D eigenvalue weighted by Gasteiger charge is 2.55. The molecule has 6 atom stereocenters. The number of esters is 1. The van der Waals surface area contributed by atoms with Crippen molar-refractivity contribution in [1.82, 2.24) is 14.6 Å². The molecule has 43 heavy (non-hydrogen) atoms. The van der Waals surface area contributed by atoms with Crippen LogP contribution in [0.5, 0.6) is 5.75 Å². The Labute approximate surface area is 258 Å². The molecule has 0 amide bonds. The summed E-state index contributed by atoms with van der Waals surface area (Å²) in [5.74, 6) is -1.51. The number of aromatic amines is 1. The van der Waals surface area contributed by atoms with Crippen LogP contribution in [-0.4, -0.2) is 45.1 Å². The van der Waals surface area contributed by atoms with Gasteiger partial charge in [0.15, 0.2) is 5.72 Å². The maximum Gasteiger partial charge on any atom is 0.459 e. The number of aliphatic hydroxyl groups is 1. The van der Waals surface area contributed by atoms with E-state index < -0.39 is 61.6 Å². The number of para-hydroxylation sites is 1. The lowest BCUT2D eigenvalue weighted by Crippen LogP contribution is -2.44. The molecule has 1 aliphatic rings. The Balaban J connectivity index is 1.57. The van der Waals surface area contributed by atoms with Gasteiger partial charge in [0.1, 0.15) is 24.6 Å². The Bertz CT molecular complexity index is 1650. The normalized spacial score (nSPS) is 23.5. The topological polar surface area (TPSA) is 207 Å². The molecule has 1 fully saturated rings. The Morgan fingerprint density at radius 2 is 1.91 bits per heavy atom. The van der Waals surface area contributed by atoms with Crippen molar-refractivity contribution >= 4 is 36.3 Å². The number of aromatic nitrogens is 2. The zero-order chi connectivity index (χ0) is 31.2. The lowest BCUT2D eigenvalue weighted by Gasteiger charge is -2.30. The molecule has 4 rings (SSSR count). The number of nitrogens with zero attached hydrogens (tertiary/aromatic N) is 4. The third-order valence-electron chi connectivity index (χ3n) is 6.49. The standard InChI is InChI=1S/C26H28IN6O9P/c1-16-21(34)26(31-32-28,41-23(16)33-13-20(27)22(35)29-25(33)37)15-40-43(38,42-19-11-7-4-8-12-19)30-17(2)24(36)39-14-18-9-5-3-6-10-18/h3-13,16-17,21,23,34H,14-15H2,1-2H3,(H,30,38)(H,29,35,37)/t16-,17-,21-,23+,26+,43?/m0/s1. The summed E-state index contributed by atoms with van der Waals surface area (Å²) in [6.07, 6.45) is -1.55. The van der Waals surface area contributed by atoms with Crippen LogP contribution in [0, 0.1) is 9.49 Å². The number of benzene rings is 2.